The van der Waals surface area contributed by atoms with Gasteiger partial charge in [0.1, 0.15) is 5.54 Å². The first kappa shape index (κ1) is 13.1. The fourth-order valence-electron chi connectivity index (χ4n) is 2.95. The Balaban J connectivity index is 1.73. The van der Waals surface area contributed by atoms with E-state index < -0.39 is 5.54 Å². The lowest BCUT2D eigenvalue weighted by Gasteiger charge is -2.22. The summed E-state index contributed by atoms with van der Waals surface area (Å²) in [6.45, 7) is 5.56. The van der Waals surface area contributed by atoms with Crippen LogP contribution in [0.4, 0.5) is 4.79 Å². The van der Waals surface area contributed by atoms with Gasteiger partial charge in [0.05, 0.1) is 12.7 Å². The zero-order valence-corrected chi connectivity index (χ0v) is 11.6. The number of carbonyl (C=O) groups is 2. The molecule has 1 atom stereocenters. The first-order valence-corrected chi connectivity index (χ1v) is 6.79. The molecule has 1 aromatic heterocycles. The van der Waals surface area contributed by atoms with Gasteiger partial charge in [-0.05, 0) is 20.3 Å². The van der Waals surface area contributed by atoms with E-state index in [1.807, 2.05) is 13.8 Å². The Morgan fingerprint density at radius 2 is 2.30 bits per heavy atom. The molecule has 3 rings (SSSR count). The molecule has 1 aromatic rings. The summed E-state index contributed by atoms with van der Waals surface area (Å²) in [5, 5.41) is 6.54. The maximum absolute atomic E-state index is 12.5. The molecule has 2 fully saturated rings. The zero-order valence-electron chi connectivity index (χ0n) is 11.6. The number of hydrogen-bond acceptors (Lipinski definition) is 5. The number of rotatable bonds is 3. The molecular weight excluding hydrogens is 260 g/mol. The van der Waals surface area contributed by atoms with Gasteiger partial charge in [-0.3, -0.25) is 14.6 Å². The van der Waals surface area contributed by atoms with Crippen LogP contribution in [0.2, 0.25) is 0 Å². The molecule has 0 radical (unpaired) electrons. The summed E-state index contributed by atoms with van der Waals surface area (Å²) in [6, 6.07) is 1.40. The molecule has 108 valence electrons. The molecule has 2 aliphatic rings. The highest BCUT2D eigenvalue weighted by Crippen LogP contribution is 2.30. The molecule has 7 heteroatoms. The second-order valence-corrected chi connectivity index (χ2v) is 5.72. The number of carbonyl (C=O) groups excluding carboxylic acids is 2. The number of hydrogen-bond donors (Lipinski definition) is 1. The van der Waals surface area contributed by atoms with E-state index in [0.29, 0.717) is 19.5 Å². The molecule has 1 unspecified atom stereocenters. The first-order chi connectivity index (χ1) is 9.52. The highest BCUT2D eigenvalue weighted by molar-refractivity contribution is 6.07. The van der Waals surface area contributed by atoms with Gasteiger partial charge >= 0.3 is 6.03 Å². The van der Waals surface area contributed by atoms with Crippen molar-refractivity contribution in [3.63, 3.8) is 0 Å². The van der Waals surface area contributed by atoms with Gasteiger partial charge in [0.25, 0.3) is 5.91 Å². The minimum Gasteiger partial charge on any atom is -0.360 e. The Bertz CT molecular complexity index is 528. The molecule has 7 nitrogen and oxygen atoms in total. The molecule has 1 N–H and O–H groups in total. The summed E-state index contributed by atoms with van der Waals surface area (Å²) in [7, 11) is 0. The van der Waals surface area contributed by atoms with Gasteiger partial charge in [0.15, 0.2) is 5.76 Å². The van der Waals surface area contributed by atoms with E-state index >= 15 is 0 Å². The molecule has 2 saturated heterocycles. The van der Waals surface area contributed by atoms with Crippen molar-refractivity contribution in [1.29, 1.82) is 0 Å². The van der Waals surface area contributed by atoms with Crippen molar-refractivity contribution in [1.82, 2.24) is 20.3 Å². The molecule has 0 bridgehead atoms. The second kappa shape index (κ2) is 4.59. The predicted octanol–water partition coefficient (Wildman–Crippen LogP) is 0.579. The Morgan fingerprint density at radius 1 is 1.50 bits per heavy atom. The van der Waals surface area contributed by atoms with Gasteiger partial charge in [-0.15, -0.1) is 0 Å². The molecule has 0 saturated carbocycles. The summed E-state index contributed by atoms with van der Waals surface area (Å²) in [6.07, 6.45) is 2.24. The quantitative estimate of drug-likeness (QED) is 0.818. The van der Waals surface area contributed by atoms with Crippen LogP contribution in [-0.4, -0.2) is 51.6 Å². The van der Waals surface area contributed by atoms with Crippen LogP contribution in [0.3, 0.4) is 0 Å². The number of amides is 3. The topological polar surface area (TPSA) is 78.7 Å². The minimum absolute atomic E-state index is 0.113. The molecule has 0 aliphatic carbocycles. The second-order valence-electron chi connectivity index (χ2n) is 5.72. The molecule has 3 heterocycles. The number of nitrogens with zero attached hydrogens (tertiary/aromatic N) is 3. The van der Waals surface area contributed by atoms with E-state index in [4.69, 9.17) is 4.52 Å². The van der Waals surface area contributed by atoms with Gasteiger partial charge < -0.3 is 9.84 Å². The van der Waals surface area contributed by atoms with Crippen LogP contribution in [0.5, 0.6) is 0 Å². The summed E-state index contributed by atoms with van der Waals surface area (Å²) in [5.41, 5.74) is -0.763. The van der Waals surface area contributed by atoms with Crippen molar-refractivity contribution in [2.24, 2.45) is 0 Å². The Hall–Kier alpha value is -1.89. The predicted molar refractivity (Wildman–Crippen MR) is 69.6 cm³/mol. The smallest absolute Gasteiger partial charge is 0.325 e. The first-order valence-electron chi connectivity index (χ1n) is 6.79. The number of aromatic nitrogens is 1. The van der Waals surface area contributed by atoms with Crippen molar-refractivity contribution in [2.45, 2.75) is 38.4 Å². The fourth-order valence-corrected chi connectivity index (χ4v) is 2.95. The third kappa shape index (κ3) is 1.98. The lowest BCUT2D eigenvalue weighted by Crippen LogP contribution is -2.49. The average Bonchev–Trinajstić information content (AvgIpc) is 3.04. The van der Waals surface area contributed by atoms with Crippen LogP contribution in [-0.2, 0) is 11.3 Å². The van der Waals surface area contributed by atoms with E-state index in [9.17, 15) is 9.59 Å². The van der Waals surface area contributed by atoms with Gasteiger partial charge in [-0.2, -0.15) is 0 Å². The third-order valence-electron chi connectivity index (χ3n) is 3.93. The average molecular weight is 278 g/mol. The maximum atomic E-state index is 12.5. The zero-order chi connectivity index (χ0) is 14.3. The van der Waals surface area contributed by atoms with Crippen molar-refractivity contribution >= 4 is 11.9 Å². The molecular formula is C13H18N4O3. The van der Waals surface area contributed by atoms with Crippen LogP contribution in [0.1, 0.15) is 26.0 Å². The van der Waals surface area contributed by atoms with E-state index in [1.54, 1.807) is 12.3 Å². The molecule has 2 aliphatic heterocycles. The van der Waals surface area contributed by atoms with Gasteiger partial charge in [0.2, 0.25) is 0 Å². The van der Waals surface area contributed by atoms with Gasteiger partial charge in [-0.1, -0.05) is 5.16 Å². The number of urea groups is 1. The number of likely N-dealkylation sites (tertiary alicyclic amines) is 1. The minimum atomic E-state index is -0.763. The van der Waals surface area contributed by atoms with Gasteiger partial charge in [-0.25, -0.2) is 4.79 Å². The molecule has 0 aromatic carbocycles. The van der Waals surface area contributed by atoms with E-state index in [2.05, 4.69) is 15.4 Å². The fraction of sp³-hybridized carbons (Fsp3) is 0.615. The largest absolute Gasteiger partial charge is 0.360 e. The summed E-state index contributed by atoms with van der Waals surface area (Å²) < 4.78 is 5.08. The molecule has 20 heavy (non-hydrogen) atoms. The Kier molecular flexibility index (Phi) is 3.01. The molecule has 3 amide bonds. The summed E-state index contributed by atoms with van der Waals surface area (Å²) in [5.74, 6) is 0.650. The van der Waals surface area contributed by atoms with E-state index in [0.717, 1.165) is 12.3 Å². The number of imide groups is 1. The standard InChI is InChI=1S/C13H18N4O3/c1-9(2)17-11(18)13(15-12(17)19)4-6-16(8-13)7-10-3-5-14-20-10/h3,5,9H,4,6-8H2,1-2H3,(H,15,19). The third-order valence-corrected chi connectivity index (χ3v) is 3.93. The van der Waals surface area contributed by atoms with Crippen molar-refractivity contribution in [3.8, 4) is 0 Å². The monoisotopic (exact) mass is 278 g/mol. The van der Waals surface area contributed by atoms with Crippen LogP contribution >= 0.6 is 0 Å². The Labute approximate surface area is 116 Å². The van der Waals surface area contributed by atoms with Crippen LogP contribution < -0.4 is 5.32 Å². The lowest BCUT2D eigenvalue weighted by atomic mass is 9.98. The highest BCUT2D eigenvalue weighted by Gasteiger charge is 2.55. The van der Waals surface area contributed by atoms with E-state index in [1.165, 1.54) is 4.90 Å². The lowest BCUT2D eigenvalue weighted by molar-refractivity contribution is -0.132. The van der Waals surface area contributed by atoms with Crippen molar-refractivity contribution in [3.05, 3.63) is 18.0 Å². The van der Waals surface area contributed by atoms with Crippen molar-refractivity contribution in [2.75, 3.05) is 13.1 Å². The van der Waals surface area contributed by atoms with E-state index in [-0.39, 0.29) is 18.0 Å². The molecule has 1 spiro atoms. The van der Waals surface area contributed by atoms with Crippen LogP contribution in [0.15, 0.2) is 16.8 Å². The van der Waals surface area contributed by atoms with Crippen LogP contribution in [0, 0.1) is 0 Å². The van der Waals surface area contributed by atoms with Crippen molar-refractivity contribution < 1.29 is 14.1 Å². The maximum Gasteiger partial charge on any atom is 0.325 e. The highest BCUT2D eigenvalue weighted by atomic mass is 16.5. The Morgan fingerprint density at radius 3 is 2.90 bits per heavy atom. The summed E-state index contributed by atoms with van der Waals surface area (Å²) >= 11 is 0. The normalized spacial score (nSPS) is 27.1. The summed E-state index contributed by atoms with van der Waals surface area (Å²) in [4.78, 5) is 27.9. The number of nitrogens with one attached hydrogen (secondary N) is 1. The van der Waals surface area contributed by atoms with Crippen LogP contribution in [0.25, 0.3) is 0 Å². The van der Waals surface area contributed by atoms with Gasteiger partial charge in [0, 0.05) is 25.2 Å². The SMILES string of the molecule is CC(C)N1C(=O)NC2(CCN(Cc3ccno3)C2)C1=O.